The van der Waals surface area contributed by atoms with E-state index in [9.17, 15) is 24.4 Å². The number of nitrogens with zero attached hydrogens (tertiary/aromatic N) is 1. The molecule has 212 valence electrons. The molecule has 0 saturated heterocycles. The lowest BCUT2D eigenvalue weighted by Gasteiger charge is -2.17. The van der Waals surface area contributed by atoms with Crippen molar-refractivity contribution in [3.63, 3.8) is 0 Å². The fourth-order valence-corrected chi connectivity index (χ4v) is 6.11. The topological polar surface area (TPSA) is 148 Å². The summed E-state index contributed by atoms with van der Waals surface area (Å²) >= 11 is 2.28. The van der Waals surface area contributed by atoms with E-state index in [0.717, 1.165) is 11.3 Å². The van der Waals surface area contributed by atoms with E-state index in [1.165, 1.54) is 11.8 Å². The molecule has 1 aromatic heterocycles. The lowest BCUT2D eigenvalue weighted by atomic mass is 10.1. The van der Waals surface area contributed by atoms with E-state index in [1.54, 1.807) is 55.5 Å². The number of carbonyl (C=O) groups is 4. The fourth-order valence-electron chi connectivity index (χ4n) is 3.97. The zero-order chi connectivity index (χ0) is 30.1. The van der Waals surface area contributed by atoms with Crippen molar-refractivity contribution in [2.45, 2.75) is 29.9 Å². The third-order valence-corrected chi connectivity index (χ3v) is 8.47. The van der Waals surface area contributed by atoms with Crippen LogP contribution in [0.25, 0.3) is 0 Å². The molecule has 9 nitrogen and oxygen atoms in total. The van der Waals surface area contributed by atoms with Crippen molar-refractivity contribution in [2.24, 2.45) is 0 Å². The molecule has 0 bridgehead atoms. The quantitative estimate of drug-likeness (QED) is 0.145. The van der Waals surface area contributed by atoms with E-state index in [4.69, 9.17) is 5.11 Å². The second-order valence-electron chi connectivity index (χ2n) is 9.06. The molecule has 0 aliphatic carbocycles. The fraction of sp³-hybridized carbons (Fsp3) is 0.129. The summed E-state index contributed by atoms with van der Waals surface area (Å²) in [6, 6.07) is 27.1. The number of thiophene rings is 1. The Balaban J connectivity index is 1.56. The van der Waals surface area contributed by atoms with Crippen LogP contribution in [-0.4, -0.2) is 28.8 Å². The van der Waals surface area contributed by atoms with Crippen molar-refractivity contribution in [3.05, 3.63) is 106 Å². The van der Waals surface area contributed by atoms with Crippen LogP contribution in [0.4, 0.5) is 16.4 Å². The summed E-state index contributed by atoms with van der Waals surface area (Å²) in [4.78, 5) is 50.6. The largest absolute Gasteiger partial charge is 0.481 e. The molecule has 0 spiro atoms. The number of anilines is 3. The number of amides is 3. The molecule has 4 aromatic rings. The molecule has 11 heteroatoms. The number of carbonyl (C=O) groups excluding carboxylic acids is 3. The van der Waals surface area contributed by atoms with Gasteiger partial charge < -0.3 is 21.1 Å². The number of carboxylic acid groups (broad SMARTS) is 1. The molecule has 3 aromatic carbocycles. The predicted molar refractivity (Wildman–Crippen MR) is 164 cm³/mol. The van der Waals surface area contributed by atoms with Gasteiger partial charge in [0.2, 0.25) is 11.8 Å². The number of thioether (sulfide) groups is 1. The van der Waals surface area contributed by atoms with Gasteiger partial charge in [0, 0.05) is 22.7 Å². The average Bonchev–Trinajstić information content (AvgIpc) is 3.30. The number of nitrogens with one attached hydrogen (secondary N) is 3. The molecule has 0 fully saturated rings. The minimum absolute atomic E-state index is 0.158. The summed E-state index contributed by atoms with van der Waals surface area (Å²) < 4.78 is 0. The maximum absolute atomic E-state index is 13.7. The van der Waals surface area contributed by atoms with Gasteiger partial charge in [-0.2, -0.15) is 5.26 Å². The maximum Gasteiger partial charge on any atom is 0.303 e. The van der Waals surface area contributed by atoms with Gasteiger partial charge in [-0.1, -0.05) is 54.6 Å². The van der Waals surface area contributed by atoms with Crippen LogP contribution in [0.2, 0.25) is 0 Å². The Hall–Kier alpha value is -4.92. The lowest BCUT2D eigenvalue weighted by Crippen LogP contribution is -2.19. The Morgan fingerprint density at radius 3 is 2.21 bits per heavy atom. The monoisotopic (exact) mass is 598 g/mol. The number of para-hydroxylation sites is 1. The minimum atomic E-state index is -1.06. The van der Waals surface area contributed by atoms with Gasteiger partial charge >= 0.3 is 5.97 Å². The van der Waals surface area contributed by atoms with Crippen molar-refractivity contribution in [1.29, 1.82) is 5.26 Å². The first-order valence-corrected chi connectivity index (χ1v) is 14.5. The van der Waals surface area contributed by atoms with E-state index < -0.39 is 23.0 Å². The number of hydrogen-bond acceptors (Lipinski definition) is 7. The Bertz CT molecular complexity index is 1650. The van der Waals surface area contributed by atoms with Gasteiger partial charge in [0.25, 0.3) is 5.91 Å². The zero-order valence-corrected chi connectivity index (χ0v) is 24.1. The van der Waals surface area contributed by atoms with Gasteiger partial charge in [-0.3, -0.25) is 19.2 Å². The first-order valence-electron chi connectivity index (χ1n) is 12.8. The molecule has 4 rings (SSSR count). The lowest BCUT2D eigenvalue weighted by molar-refractivity contribution is -0.138. The Morgan fingerprint density at radius 1 is 0.881 bits per heavy atom. The summed E-state index contributed by atoms with van der Waals surface area (Å²) in [7, 11) is 0. The number of carboxylic acids is 1. The number of rotatable bonds is 11. The van der Waals surface area contributed by atoms with Crippen LogP contribution in [0.15, 0.2) is 89.8 Å². The SMILES string of the molecule is Cc1c(C(=O)Nc2ccccc2)sc(NC(=O)C(Sc2cccc(NC(=O)CCC(=O)O)c2)c2ccccc2)c1C#N. The highest BCUT2D eigenvalue weighted by Crippen LogP contribution is 2.39. The smallest absolute Gasteiger partial charge is 0.303 e. The Morgan fingerprint density at radius 2 is 1.55 bits per heavy atom. The molecule has 0 saturated carbocycles. The second kappa shape index (κ2) is 14.1. The number of hydrogen-bond donors (Lipinski definition) is 4. The number of nitriles is 1. The van der Waals surface area contributed by atoms with Gasteiger partial charge in [0.15, 0.2) is 0 Å². The van der Waals surface area contributed by atoms with Crippen LogP contribution in [0.5, 0.6) is 0 Å². The van der Waals surface area contributed by atoms with Crippen molar-refractivity contribution in [3.8, 4) is 6.07 Å². The van der Waals surface area contributed by atoms with Crippen molar-refractivity contribution in [1.82, 2.24) is 0 Å². The summed E-state index contributed by atoms with van der Waals surface area (Å²) in [6.45, 7) is 1.67. The predicted octanol–water partition coefficient (Wildman–Crippen LogP) is 6.46. The first kappa shape index (κ1) is 30.0. The Kier molecular flexibility index (Phi) is 10.1. The summed E-state index contributed by atoms with van der Waals surface area (Å²) in [5.74, 6) is -2.26. The minimum Gasteiger partial charge on any atom is -0.481 e. The second-order valence-corrected chi connectivity index (χ2v) is 11.3. The summed E-state index contributed by atoms with van der Waals surface area (Å²) in [5, 5.41) is 26.6. The summed E-state index contributed by atoms with van der Waals surface area (Å²) in [6.07, 6.45) is -0.437. The molecule has 0 radical (unpaired) electrons. The molecule has 4 N–H and O–H groups in total. The highest BCUT2D eigenvalue weighted by atomic mass is 32.2. The van der Waals surface area contributed by atoms with Crippen molar-refractivity contribution in [2.75, 3.05) is 16.0 Å². The van der Waals surface area contributed by atoms with Gasteiger partial charge in [0.1, 0.15) is 16.3 Å². The van der Waals surface area contributed by atoms with Gasteiger partial charge in [-0.05, 0) is 48.4 Å². The number of aliphatic carboxylic acids is 1. The van der Waals surface area contributed by atoms with Crippen LogP contribution in [-0.2, 0) is 14.4 Å². The third kappa shape index (κ3) is 7.84. The molecule has 0 aliphatic heterocycles. The van der Waals surface area contributed by atoms with E-state index in [2.05, 4.69) is 22.0 Å². The van der Waals surface area contributed by atoms with Crippen LogP contribution in [0.3, 0.4) is 0 Å². The molecule has 1 heterocycles. The molecular weight excluding hydrogens is 572 g/mol. The maximum atomic E-state index is 13.7. The summed E-state index contributed by atoms with van der Waals surface area (Å²) in [5.41, 5.74) is 2.48. The normalized spacial score (nSPS) is 11.1. The first-order chi connectivity index (χ1) is 20.2. The van der Waals surface area contributed by atoms with Crippen LogP contribution < -0.4 is 16.0 Å². The van der Waals surface area contributed by atoms with Gasteiger partial charge in [-0.15, -0.1) is 23.1 Å². The molecule has 42 heavy (non-hydrogen) atoms. The zero-order valence-electron chi connectivity index (χ0n) is 22.4. The third-order valence-electron chi connectivity index (χ3n) is 6.01. The molecule has 1 unspecified atom stereocenters. The van der Waals surface area contributed by atoms with Crippen molar-refractivity contribution < 1.29 is 24.3 Å². The molecule has 1 atom stereocenters. The van der Waals surface area contributed by atoms with E-state index in [0.29, 0.717) is 32.3 Å². The standard InChI is InChI=1S/C31H26N4O5S2/c1-19-24(18-32)31(42-27(19)29(39)34-21-11-6-3-7-12-21)35-30(40)28(20-9-4-2-5-10-20)41-23-14-8-13-22(17-23)33-25(36)15-16-26(37)38/h2-14,17,28H,15-16H2,1H3,(H,33,36)(H,34,39)(H,35,40)(H,37,38). The van der Waals surface area contributed by atoms with Crippen LogP contribution in [0.1, 0.15) is 44.5 Å². The van der Waals surface area contributed by atoms with E-state index in [1.807, 2.05) is 36.4 Å². The highest BCUT2D eigenvalue weighted by molar-refractivity contribution is 8.00. The highest BCUT2D eigenvalue weighted by Gasteiger charge is 2.27. The Labute approximate surface area is 250 Å². The average molecular weight is 599 g/mol. The van der Waals surface area contributed by atoms with Gasteiger partial charge in [-0.25, -0.2) is 0 Å². The molecule has 3 amide bonds. The van der Waals surface area contributed by atoms with Crippen molar-refractivity contribution >= 4 is 63.2 Å². The van der Waals surface area contributed by atoms with Gasteiger partial charge in [0.05, 0.1) is 16.9 Å². The van der Waals surface area contributed by atoms with E-state index >= 15 is 0 Å². The van der Waals surface area contributed by atoms with Crippen LogP contribution >= 0.6 is 23.1 Å². The molecular formula is C31H26N4O5S2. The van der Waals surface area contributed by atoms with Crippen LogP contribution in [0, 0.1) is 18.3 Å². The van der Waals surface area contributed by atoms with E-state index in [-0.39, 0.29) is 29.3 Å². The number of benzene rings is 3. The molecule has 0 aliphatic rings.